The highest BCUT2D eigenvalue weighted by atomic mass is 35.5. The fourth-order valence-electron chi connectivity index (χ4n) is 3.51. The summed E-state index contributed by atoms with van der Waals surface area (Å²) in [4.78, 5) is 19.7. The number of hydrogen-bond donors (Lipinski definition) is 1. The van der Waals surface area contributed by atoms with Crippen LogP contribution in [0.25, 0.3) is 0 Å². The van der Waals surface area contributed by atoms with Crippen molar-refractivity contribution in [3.8, 4) is 0 Å². The SMILES string of the molecule is Cc1c(N)nc(N2CCN(c3ccccn3)CC2)nc1N(C)c1cc(F)ccc1Cl. The summed E-state index contributed by atoms with van der Waals surface area (Å²) in [6, 6.07) is 10.1. The summed E-state index contributed by atoms with van der Waals surface area (Å²) in [6.45, 7) is 4.92. The number of hydrogen-bond acceptors (Lipinski definition) is 7. The molecule has 0 spiro atoms. The van der Waals surface area contributed by atoms with Gasteiger partial charge in [0.2, 0.25) is 5.95 Å². The zero-order valence-corrected chi connectivity index (χ0v) is 17.6. The predicted molar refractivity (Wildman–Crippen MR) is 119 cm³/mol. The molecule has 1 aliphatic rings. The van der Waals surface area contributed by atoms with Crippen LogP contribution in [0.5, 0.6) is 0 Å². The molecule has 0 atom stereocenters. The fraction of sp³-hybridized carbons (Fsp3) is 0.286. The quantitative estimate of drug-likeness (QED) is 0.681. The molecule has 7 nitrogen and oxygen atoms in total. The van der Waals surface area contributed by atoms with Crippen LogP contribution in [-0.2, 0) is 0 Å². The Morgan fingerprint density at radius 2 is 1.80 bits per heavy atom. The van der Waals surface area contributed by atoms with Crippen LogP contribution in [0, 0.1) is 12.7 Å². The maximum Gasteiger partial charge on any atom is 0.229 e. The topological polar surface area (TPSA) is 74.4 Å². The molecule has 9 heteroatoms. The average molecular weight is 428 g/mol. The lowest BCUT2D eigenvalue weighted by atomic mass is 10.2. The molecule has 2 N–H and O–H groups in total. The smallest absolute Gasteiger partial charge is 0.229 e. The molecule has 0 aliphatic carbocycles. The van der Waals surface area contributed by atoms with Crippen molar-refractivity contribution in [1.29, 1.82) is 0 Å². The Morgan fingerprint density at radius 1 is 1.07 bits per heavy atom. The van der Waals surface area contributed by atoms with Crippen LogP contribution >= 0.6 is 11.6 Å². The van der Waals surface area contributed by atoms with Crippen molar-refractivity contribution >= 4 is 40.7 Å². The third kappa shape index (κ3) is 3.95. The van der Waals surface area contributed by atoms with Crippen LogP contribution in [0.1, 0.15) is 5.56 Å². The molecule has 1 saturated heterocycles. The number of rotatable bonds is 4. The minimum atomic E-state index is -0.369. The van der Waals surface area contributed by atoms with E-state index in [1.165, 1.54) is 18.2 Å². The van der Waals surface area contributed by atoms with Gasteiger partial charge in [0.05, 0.1) is 10.7 Å². The molecule has 0 amide bonds. The number of benzene rings is 1. The zero-order valence-electron chi connectivity index (χ0n) is 16.9. The zero-order chi connectivity index (χ0) is 21.3. The molecule has 0 unspecified atom stereocenters. The first-order valence-electron chi connectivity index (χ1n) is 9.68. The predicted octanol–water partition coefficient (Wildman–Crippen LogP) is 3.65. The van der Waals surface area contributed by atoms with Crippen LogP contribution in [0.15, 0.2) is 42.6 Å². The van der Waals surface area contributed by atoms with E-state index in [0.29, 0.717) is 33.9 Å². The van der Waals surface area contributed by atoms with E-state index in [2.05, 4.69) is 19.8 Å². The van der Waals surface area contributed by atoms with E-state index in [0.717, 1.165) is 32.0 Å². The Hall–Kier alpha value is -3.13. The van der Waals surface area contributed by atoms with Crippen molar-refractivity contribution in [2.45, 2.75) is 6.92 Å². The van der Waals surface area contributed by atoms with Crippen LogP contribution in [-0.4, -0.2) is 48.2 Å². The largest absolute Gasteiger partial charge is 0.383 e. The van der Waals surface area contributed by atoms with E-state index in [4.69, 9.17) is 22.3 Å². The van der Waals surface area contributed by atoms with Crippen molar-refractivity contribution < 1.29 is 4.39 Å². The monoisotopic (exact) mass is 427 g/mol. The Morgan fingerprint density at radius 3 is 2.50 bits per heavy atom. The molecule has 1 aliphatic heterocycles. The van der Waals surface area contributed by atoms with E-state index in [-0.39, 0.29) is 5.82 Å². The van der Waals surface area contributed by atoms with Gasteiger partial charge in [0, 0.05) is 45.0 Å². The van der Waals surface area contributed by atoms with E-state index < -0.39 is 0 Å². The van der Waals surface area contributed by atoms with Gasteiger partial charge < -0.3 is 20.4 Å². The minimum absolute atomic E-state index is 0.369. The Balaban J connectivity index is 1.59. The number of anilines is 5. The maximum absolute atomic E-state index is 13.8. The molecule has 0 saturated carbocycles. The van der Waals surface area contributed by atoms with Gasteiger partial charge >= 0.3 is 0 Å². The third-order valence-electron chi connectivity index (χ3n) is 5.27. The normalized spacial score (nSPS) is 14.1. The Bertz CT molecular complexity index is 1040. The third-order valence-corrected chi connectivity index (χ3v) is 5.59. The van der Waals surface area contributed by atoms with Gasteiger partial charge in [0.15, 0.2) is 0 Å². The lowest BCUT2D eigenvalue weighted by Crippen LogP contribution is -2.47. The highest BCUT2D eigenvalue weighted by molar-refractivity contribution is 6.33. The fourth-order valence-corrected chi connectivity index (χ4v) is 3.76. The molecular formula is C21H23ClFN7. The summed E-state index contributed by atoms with van der Waals surface area (Å²) in [6.07, 6.45) is 1.80. The van der Waals surface area contributed by atoms with Gasteiger partial charge in [0.1, 0.15) is 23.3 Å². The van der Waals surface area contributed by atoms with Crippen molar-refractivity contribution in [2.24, 2.45) is 0 Å². The molecule has 1 aromatic carbocycles. The van der Waals surface area contributed by atoms with Crippen LogP contribution in [0.3, 0.4) is 0 Å². The summed E-state index contributed by atoms with van der Waals surface area (Å²) in [7, 11) is 1.79. The number of nitrogens with two attached hydrogens (primary N) is 1. The van der Waals surface area contributed by atoms with Gasteiger partial charge in [0.25, 0.3) is 0 Å². The number of aromatic nitrogens is 3. The summed E-state index contributed by atoms with van der Waals surface area (Å²) >= 11 is 6.29. The van der Waals surface area contributed by atoms with E-state index in [9.17, 15) is 4.39 Å². The van der Waals surface area contributed by atoms with Crippen LogP contribution < -0.4 is 20.4 Å². The van der Waals surface area contributed by atoms with Crippen molar-refractivity contribution in [3.05, 3.63) is 59.0 Å². The molecule has 156 valence electrons. The average Bonchev–Trinajstić information content (AvgIpc) is 2.77. The molecule has 3 aromatic rings. The minimum Gasteiger partial charge on any atom is -0.383 e. The number of piperazine rings is 1. The molecule has 2 aromatic heterocycles. The summed E-state index contributed by atoms with van der Waals surface area (Å²) in [5, 5.41) is 0.431. The van der Waals surface area contributed by atoms with Crippen molar-refractivity contribution in [2.75, 3.05) is 53.7 Å². The maximum atomic E-state index is 13.8. The number of nitrogens with zero attached hydrogens (tertiary/aromatic N) is 6. The first-order chi connectivity index (χ1) is 14.4. The van der Waals surface area contributed by atoms with Gasteiger partial charge in [-0.2, -0.15) is 9.97 Å². The molecule has 1 fully saturated rings. The van der Waals surface area contributed by atoms with Crippen molar-refractivity contribution in [3.63, 3.8) is 0 Å². The van der Waals surface area contributed by atoms with E-state index >= 15 is 0 Å². The van der Waals surface area contributed by atoms with Gasteiger partial charge in [-0.3, -0.25) is 0 Å². The van der Waals surface area contributed by atoms with Crippen molar-refractivity contribution in [1.82, 2.24) is 15.0 Å². The van der Waals surface area contributed by atoms with Gasteiger partial charge in [-0.05, 0) is 37.3 Å². The standard InChI is InChI=1S/C21H23ClFN7/c1-14-19(24)26-21(27-20(14)28(2)17-13-15(23)6-7-16(17)22)30-11-9-29(10-12-30)18-5-3-4-8-25-18/h3-8,13H,9-12H2,1-2H3,(H2,24,26,27). The number of pyridine rings is 1. The Labute approximate surface area is 179 Å². The van der Waals surface area contributed by atoms with E-state index in [1.807, 2.05) is 25.1 Å². The van der Waals surface area contributed by atoms with E-state index in [1.54, 1.807) is 18.1 Å². The Kier molecular flexibility index (Phi) is 5.59. The lowest BCUT2D eigenvalue weighted by molar-refractivity contribution is 0.627. The summed E-state index contributed by atoms with van der Waals surface area (Å²) in [5.41, 5.74) is 7.43. The molecular weight excluding hydrogens is 405 g/mol. The molecule has 0 radical (unpaired) electrons. The van der Waals surface area contributed by atoms with Crippen LogP contribution in [0.2, 0.25) is 5.02 Å². The number of halogens is 2. The number of nitrogen functional groups attached to an aromatic ring is 1. The van der Waals surface area contributed by atoms with Gasteiger partial charge in [-0.25, -0.2) is 9.37 Å². The molecule has 0 bridgehead atoms. The second kappa shape index (κ2) is 8.31. The molecule has 4 rings (SSSR count). The second-order valence-electron chi connectivity index (χ2n) is 7.17. The molecule has 3 heterocycles. The first kappa shape index (κ1) is 20.2. The summed E-state index contributed by atoms with van der Waals surface area (Å²) in [5.74, 6) is 2.13. The molecule has 30 heavy (non-hydrogen) atoms. The highest BCUT2D eigenvalue weighted by Crippen LogP contribution is 2.34. The summed E-state index contributed by atoms with van der Waals surface area (Å²) < 4.78 is 13.8. The first-order valence-corrected chi connectivity index (χ1v) is 10.1. The highest BCUT2D eigenvalue weighted by Gasteiger charge is 2.23. The van der Waals surface area contributed by atoms with Crippen LogP contribution in [0.4, 0.5) is 33.5 Å². The van der Waals surface area contributed by atoms with Gasteiger partial charge in [-0.15, -0.1) is 0 Å². The second-order valence-corrected chi connectivity index (χ2v) is 7.58. The van der Waals surface area contributed by atoms with Gasteiger partial charge in [-0.1, -0.05) is 17.7 Å². The lowest BCUT2D eigenvalue weighted by Gasteiger charge is -2.36.